The Bertz CT molecular complexity index is 927. The number of halogens is 2. The van der Waals surface area contributed by atoms with E-state index in [0.717, 1.165) is 5.56 Å². The standard InChI is InChI=1S/C20H16F2N2O2/c1-13-5-7-15(9-18(13)22)20(25)24-12-14-6-8-19(23-11-14)26-17-4-2-3-16(21)10-17/h2-11H,12H2,1H3,(H,24,25). The van der Waals surface area contributed by atoms with Crippen molar-refractivity contribution in [2.75, 3.05) is 0 Å². The molecule has 1 amide bonds. The number of aromatic nitrogens is 1. The highest BCUT2D eigenvalue weighted by molar-refractivity contribution is 5.94. The molecule has 4 nitrogen and oxygen atoms in total. The van der Waals surface area contributed by atoms with E-state index < -0.39 is 11.6 Å². The maximum Gasteiger partial charge on any atom is 0.251 e. The number of nitrogens with one attached hydrogen (secondary N) is 1. The summed E-state index contributed by atoms with van der Waals surface area (Å²) in [5, 5.41) is 2.70. The summed E-state index contributed by atoms with van der Waals surface area (Å²) in [7, 11) is 0. The zero-order chi connectivity index (χ0) is 18.5. The maximum absolute atomic E-state index is 13.5. The van der Waals surface area contributed by atoms with Gasteiger partial charge in [0.15, 0.2) is 0 Å². The van der Waals surface area contributed by atoms with Gasteiger partial charge in [0.1, 0.15) is 17.4 Å². The summed E-state index contributed by atoms with van der Waals surface area (Å²) in [6.07, 6.45) is 1.55. The Labute approximate surface area is 149 Å². The molecule has 1 N–H and O–H groups in total. The monoisotopic (exact) mass is 354 g/mol. The van der Waals surface area contributed by atoms with Crippen LogP contribution in [0.25, 0.3) is 0 Å². The summed E-state index contributed by atoms with van der Waals surface area (Å²) >= 11 is 0. The fraction of sp³-hybridized carbons (Fsp3) is 0.100. The Kier molecular flexibility index (Phi) is 5.22. The third-order valence-electron chi connectivity index (χ3n) is 3.70. The van der Waals surface area contributed by atoms with Gasteiger partial charge >= 0.3 is 0 Å². The molecular weight excluding hydrogens is 338 g/mol. The zero-order valence-electron chi connectivity index (χ0n) is 14.0. The SMILES string of the molecule is Cc1ccc(C(=O)NCc2ccc(Oc3cccc(F)c3)nc2)cc1F. The first kappa shape index (κ1) is 17.5. The predicted molar refractivity (Wildman–Crippen MR) is 93.0 cm³/mol. The van der Waals surface area contributed by atoms with Crippen LogP contribution >= 0.6 is 0 Å². The van der Waals surface area contributed by atoms with E-state index in [0.29, 0.717) is 17.2 Å². The van der Waals surface area contributed by atoms with Gasteiger partial charge in [-0.05, 0) is 42.3 Å². The molecule has 0 atom stereocenters. The molecule has 0 aliphatic heterocycles. The van der Waals surface area contributed by atoms with Crippen LogP contribution in [0.15, 0.2) is 60.8 Å². The molecule has 0 fully saturated rings. The quantitative estimate of drug-likeness (QED) is 0.739. The Morgan fingerprint density at radius 3 is 2.65 bits per heavy atom. The van der Waals surface area contributed by atoms with Crippen LogP contribution in [-0.2, 0) is 6.54 Å². The van der Waals surface area contributed by atoms with Gasteiger partial charge in [-0.1, -0.05) is 18.2 Å². The molecule has 2 aromatic carbocycles. The summed E-state index contributed by atoms with van der Waals surface area (Å²) in [6, 6.07) is 13.4. The molecule has 1 heterocycles. The topological polar surface area (TPSA) is 51.2 Å². The van der Waals surface area contributed by atoms with Gasteiger partial charge in [0.2, 0.25) is 5.88 Å². The molecule has 3 rings (SSSR count). The largest absolute Gasteiger partial charge is 0.439 e. The van der Waals surface area contributed by atoms with Crippen LogP contribution in [0.5, 0.6) is 11.6 Å². The van der Waals surface area contributed by atoms with Crippen LogP contribution in [0.3, 0.4) is 0 Å². The fourth-order valence-electron chi connectivity index (χ4n) is 2.25. The van der Waals surface area contributed by atoms with Gasteiger partial charge in [0, 0.05) is 30.4 Å². The van der Waals surface area contributed by atoms with E-state index in [2.05, 4.69) is 10.3 Å². The minimum Gasteiger partial charge on any atom is -0.439 e. The van der Waals surface area contributed by atoms with E-state index >= 15 is 0 Å². The second-order valence-corrected chi connectivity index (χ2v) is 5.71. The number of benzene rings is 2. The lowest BCUT2D eigenvalue weighted by atomic mass is 10.1. The number of pyridine rings is 1. The molecule has 0 aliphatic carbocycles. The second kappa shape index (κ2) is 7.74. The van der Waals surface area contributed by atoms with E-state index in [9.17, 15) is 13.6 Å². The minimum absolute atomic E-state index is 0.238. The smallest absolute Gasteiger partial charge is 0.251 e. The number of nitrogens with zero attached hydrogens (tertiary/aromatic N) is 1. The van der Waals surface area contributed by atoms with Gasteiger partial charge in [-0.15, -0.1) is 0 Å². The summed E-state index contributed by atoms with van der Waals surface area (Å²) in [4.78, 5) is 16.2. The first-order chi connectivity index (χ1) is 12.5. The molecule has 6 heteroatoms. The zero-order valence-corrected chi connectivity index (χ0v) is 14.0. The first-order valence-corrected chi connectivity index (χ1v) is 7.94. The normalized spacial score (nSPS) is 10.4. The molecule has 0 bridgehead atoms. The van der Waals surface area contributed by atoms with Gasteiger partial charge in [-0.25, -0.2) is 13.8 Å². The molecule has 0 saturated carbocycles. The van der Waals surface area contributed by atoms with Crippen molar-refractivity contribution >= 4 is 5.91 Å². The molecule has 26 heavy (non-hydrogen) atoms. The van der Waals surface area contributed by atoms with Crippen LogP contribution in [-0.4, -0.2) is 10.9 Å². The van der Waals surface area contributed by atoms with E-state index in [1.807, 2.05) is 0 Å². The molecule has 0 aliphatic rings. The number of carbonyl (C=O) groups is 1. The molecule has 132 valence electrons. The fourth-order valence-corrected chi connectivity index (χ4v) is 2.25. The minimum atomic E-state index is -0.418. The predicted octanol–water partition coefficient (Wildman–Crippen LogP) is 4.39. The van der Waals surface area contributed by atoms with E-state index in [1.54, 1.807) is 49.5 Å². The van der Waals surface area contributed by atoms with Crippen LogP contribution in [0.2, 0.25) is 0 Å². The highest BCUT2D eigenvalue weighted by atomic mass is 19.1. The van der Waals surface area contributed by atoms with Crippen molar-refractivity contribution < 1.29 is 18.3 Å². The van der Waals surface area contributed by atoms with Crippen LogP contribution < -0.4 is 10.1 Å². The summed E-state index contributed by atoms with van der Waals surface area (Å²) in [6.45, 7) is 1.87. The Hall–Kier alpha value is -3.28. The second-order valence-electron chi connectivity index (χ2n) is 5.71. The van der Waals surface area contributed by atoms with Crippen LogP contribution in [0.4, 0.5) is 8.78 Å². The van der Waals surface area contributed by atoms with Crippen LogP contribution in [0.1, 0.15) is 21.5 Å². The number of carbonyl (C=O) groups excluding carboxylic acids is 1. The number of hydrogen-bond acceptors (Lipinski definition) is 3. The molecule has 0 spiro atoms. The highest BCUT2D eigenvalue weighted by Gasteiger charge is 2.08. The van der Waals surface area contributed by atoms with Crippen molar-refractivity contribution in [3.05, 3.63) is 89.1 Å². The lowest BCUT2D eigenvalue weighted by Gasteiger charge is -2.08. The number of ether oxygens (including phenoxy) is 1. The van der Waals surface area contributed by atoms with E-state index in [1.165, 1.54) is 18.2 Å². The van der Waals surface area contributed by atoms with Gasteiger partial charge in [-0.2, -0.15) is 0 Å². The van der Waals surface area contributed by atoms with Gasteiger partial charge in [-0.3, -0.25) is 4.79 Å². The van der Waals surface area contributed by atoms with Crippen molar-refractivity contribution in [3.8, 4) is 11.6 Å². The van der Waals surface area contributed by atoms with Crippen molar-refractivity contribution in [2.24, 2.45) is 0 Å². The summed E-state index contributed by atoms with van der Waals surface area (Å²) in [5.74, 6) is -0.525. The van der Waals surface area contributed by atoms with E-state index in [-0.39, 0.29) is 18.0 Å². The van der Waals surface area contributed by atoms with Gasteiger partial charge in [0.25, 0.3) is 5.91 Å². The molecule has 0 radical (unpaired) electrons. The highest BCUT2D eigenvalue weighted by Crippen LogP contribution is 2.20. The molecule has 0 saturated heterocycles. The lowest BCUT2D eigenvalue weighted by molar-refractivity contribution is 0.0950. The molecule has 1 aromatic heterocycles. The van der Waals surface area contributed by atoms with Crippen molar-refractivity contribution in [1.29, 1.82) is 0 Å². The summed E-state index contributed by atoms with van der Waals surface area (Å²) in [5.41, 5.74) is 1.49. The van der Waals surface area contributed by atoms with Crippen molar-refractivity contribution in [1.82, 2.24) is 10.3 Å². The van der Waals surface area contributed by atoms with Crippen molar-refractivity contribution in [3.63, 3.8) is 0 Å². The Morgan fingerprint density at radius 2 is 1.96 bits per heavy atom. The summed E-state index contributed by atoms with van der Waals surface area (Å²) < 4.78 is 32.1. The Balaban J connectivity index is 1.58. The molecular formula is C20H16F2N2O2. The number of aryl methyl sites for hydroxylation is 1. The molecule has 0 unspecified atom stereocenters. The number of hydrogen-bond donors (Lipinski definition) is 1. The third-order valence-corrected chi connectivity index (χ3v) is 3.70. The maximum atomic E-state index is 13.5. The first-order valence-electron chi connectivity index (χ1n) is 7.94. The van der Waals surface area contributed by atoms with Crippen LogP contribution in [0, 0.1) is 18.6 Å². The average Bonchev–Trinajstić information content (AvgIpc) is 2.63. The Morgan fingerprint density at radius 1 is 1.12 bits per heavy atom. The average molecular weight is 354 g/mol. The number of amides is 1. The third kappa shape index (κ3) is 4.42. The van der Waals surface area contributed by atoms with Gasteiger partial charge < -0.3 is 10.1 Å². The van der Waals surface area contributed by atoms with Gasteiger partial charge in [0.05, 0.1) is 0 Å². The number of rotatable bonds is 5. The molecule has 3 aromatic rings. The lowest BCUT2D eigenvalue weighted by Crippen LogP contribution is -2.23. The van der Waals surface area contributed by atoms with E-state index in [4.69, 9.17) is 4.74 Å². The van der Waals surface area contributed by atoms with Crippen molar-refractivity contribution in [2.45, 2.75) is 13.5 Å².